The predicted octanol–water partition coefficient (Wildman–Crippen LogP) is 2.06. The van der Waals surface area contributed by atoms with Crippen LogP contribution in [0.15, 0.2) is 23.2 Å². The molecular formula is C13H17ClFN3O. The molecule has 4 nitrogen and oxygen atoms in total. The summed E-state index contributed by atoms with van der Waals surface area (Å²) in [4.78, 5) is 4.09. The number of hydrogen-bond donors (Lipinski definition) is 2. The number of rotatable bonds is 4. The van der Waals surface area contributed by atoms with E-state index in [1.54, 1.807) is 12.1 Å². The second-order valence-electron chi connectivity index (χ2n) is 4.45. The summed E-state index contributed by atoms with van der Waals surface area (Å²) in [6.45, 7) is 1.63. The monoisotopic (exact) mass is 285 g/mol. The van der Waals surface area contributed by atoms with Crippen molar-refractivity contribution in [3.63, 3.8) is 0 Å². The van der Waals surface area contributed by atoms with Gasteiger partial charge in [0.05, 0.1) is 12.6 Å². The molecule has 0 amide bonds. The molecule has 1 aliphatic rings. The Bertz CT molecular complexity index is 461. The first-order chi connectivity index (χ1) is 9.15. The summed E-state index contributed by atoms with van der Waals surface area (Å²) in [5.74, 6) is -0.0759. The number of halogens is 2. The quantitative estimate of drug-likeness (QED) is 0.658. The molecule has 19 heavy (non-hydrogen) atoms. The van der Waals surface area contributed by atoms with Crippen LogP contribution in [-0.2, 0) is 11.3 Å². The van der Waals surface area contributed by atoms with E-state index < -0.39 is 0 Å². The van der Waals surface area contributed by atoms with E-state index in [1.807, 2.05) is 0 Å². The predicted molar refractivity (Wildman–Crippen MR) is 73.7 cm³/mol. The summed E-state index contributed by atoms with van der Waals surface area (Å²) in [5, 5.41) is 3.35. The van der Waals surface area contributed by atoms with Crippen LogP contribution in [0.2, 0.25) is 5.02 Å². The molecule has 1 heterocycles. The highest BCUT2D eigenvalue weighted by atomic mass is 35.5. The molecule has 1 aliphatic heterocycles. The summed E-state index contributed by atoms with van der Waals surface area (Å²) in [5.41, 5.74) is 6.18. The first kappa shape index (κ1) is 14.1. The highest BCUT2D eigenvalue weighted by Crippen LogP contribution is 2.15. The Balaban J connectivity index is 1.83. The molecule has 1 aromatic rings. The lowest BCUT2D eigenvalue weighted by Crippen LogP contribution is -2.37. The Kier molecular flexibility index (Phi) is 4.99. The molecule has 6 heteroatoms. The Hall–Kier alpha value is -1.33. The third-order valence-electron chi connectivity index (χ3n) is 2.97. The summed E-state index contributed by atoms with van der Waals surface area (Å²) < 4.78 is 18.9. The van der Waals surface area contributed by atoms with Crippen molar-refractivity contribution in [3.05, 3.63) is 34.6 Å². The van der Waals surface area contributed by atoms with Gasteiger partial charge in [0.2, 0.25) is 0 Å². The SMILES string of the molecule is NC(=NCc1ccc(Cl)cc1F)NCC1CCCO1. The first-order valence-corrected chi connectivity index (χ1v) is 6.62. The zero-order valence-corrected chi connectivity index (χ0v) is 11.3. The van der Waals surface area contributed by atoms with Crippen molar-refractivity contribution in [1.82, 2.24) is 5.32 Å². The molecule has 1 fully saturated rings. The van der Waals surface area contributed by atoms with Gasteiger partial charge in [-0.05, 0) is 25.0 Å². The van der Waals surface area contributed by atoms with Gasteiger partial charge in [-0.15, -0.1) is 0 Å². The maximum absolute atomic E-state index is 13.5. The molecule has 0 aromatic heterocycles. The molecular weight excluding hydrogens is 269 g/mol. The van der Waals surface area contributed by atoms with Crippen molar-refractivity contribution in [2.45, 2.75) is 25.5 Å². The van der Waals surface area contributed by atoms with E-state index in [0.717, 1.165) is 19.4 Å². The van der Waals surface area contributed by atoms with Crippen LogP contribution in [0.3, 0.4) is 0 Å². The third-order valence-corrected chi connectivity index (χ3v) is 3.20. The van der Waals surface area contributed by atoms with Gasteiger partial charge < -0.3 is 15.8 Å². The first-order valence-electron chi connectivity index (χ1n) is 6.24. The van der Waals surface area contributed by atoms with Crippen molar-refractivity contribution >= 4 is 17.6 Å². The Morgan fingerprint density at radius 1 is 1.58 bits per heavy atom. The van der Waals surface area contributed by atoms with Crippen LogP contribution < -0.4 is 11.1 Å². The number of benzene rings is 1. The lowest BCUT2D eigenvalue weighted by atomic mass is 10.2. The van der Waals surface area contributed by atoms with Gasteiger partial charge in [-0.2, -0.15) is 0 Å². The van der Waals surface area contributed by atoms with Crippen LogP contribution in [0.1, 0.15) is 18.4 Å². The molecule has 0 radical (unpaired) electrons. The number of ether oxygens (including phenoxy) is 1. The zero-order valence-electron chi connectivity index (χ0n) is 10.5. The molecule has 1 aromatic carbocycles. The molecule has 0 aliphatic carbocycles. The van der Waals surface area contributed by atoms with Crippen molar-refractivity contribution in [3.8, 4) is 0 Å². The highest BCUT2D eigenvalue weighted by Gasteiger charge is 2.14. The van der Waals surface area contributed by atoms with Gasteiger partial charge in [0.15, 0.2) is 5.96 Å². The van der Waals surface area contributed by atoms with Crippen molar-refractivity contribution in [1.29, 1.82) is 0 Å². The standard InChI is InChI=1S/C13H17ClFN3O/c14-10-4-3-9(12(15)6-10)7-17-13(16)18-8-11-2-1-5-19-11/h3-4,6,11H,1-2,5,7-8H2,(H3,16,17,18). The molecule has 1 saturated heterocycles. The fourth-order valence-electron chi connectivity index (χ4n) is 1.90. The highest BCUT2D eigenvalue weighted by molar-refractivity contribution is 6.30. The number of hydrogen-bond acceptors (Lipinski definition) is 2. The Morgan fingerprint density at radius 3 is 3.11 bits per heavy atom. The lowest BCUT2D eigenvalue weighted by Gasteiger charge is -2.11. The van der Waals surface area contributed by atoms with E-state index >= 15 is 0 Å². The topological polar surface area (TPSA) is 59.6 Å². The molecule has 0 bridgehead atoms. The van der Waals surface area contributed by atoms with E-state index in [1.165, 1.54) is 6.07 Å². The second kappa shape index (κ2) is 6.73. The van der Waals surface area contributed by atoms with E-state index in [2.05, 4.69) is 10.3 Å². The molecule has 104 valence electrons. The van der Waals surface area contributed by atoms with Crippen LogP contribution in [0.4, 0.5) is 4.39 Å². The van der Waals surface area contributed by atoms with E-state index in [0.29, 0.717) is 23.1 Å². The van der Waals surface area contributed by atoms with Gasteiger partial charge in [-0.3, -0.25) is 0 Å². The molecule has 1 unspecified atom stereocenters. The second-order valence-corrected chi connectivity index (χ2v) is 4.89. The van der Waals surface area contributed by atoms with Gasteiger partial charge in [0.25, 0.3) is 0 Å². The number of aliphatic imine (C=N–C) groups is 1. The van der Waals surface area contributed by atoms with Gasteiger partial charge in [0.1, 0.15) is 5.82 Å². The number of nitrogens with one attached hydrogen (secondary N) is 1. The molecule has 1 atom stereocenters. The Morgan fingerprint density at radius 2 is 2.42 bits per heavy atom. The normalized spacial score (nSPS) is 19.7. The minimum absolute atomic E-state index is 0.188. The third kappa shape index (κ3) is 4.36. The van der Waals surface area contributed by atoms with Crippen molar-refractivity contribution in [2.24, 2.45) is 10.7 Å². The van der Waals surface area contributed by atoms with Crippen LogP contribution in [-0.4, -0.2) is 25.2 Å². The molecule has 2 rings (SSSR count). The van der Waals surface area contributed by atoms with Crippen LogP contribution in [0.25, 0.3) is 0 Å². The van der Waals surface area contributed by atoms with Crippen molar-refractivity contribution < 1.29 is 9.13 Å². The van der Waals surface area contributed by atoms with Gasteiger partial charge in [0, 0.05) is 23.7 Å². The van der Waals surface area contributed by atoms with E-state index in [4.69, 9.17) is 22.1 Å². The summed E-state index contributed by atoms with van der Waals surface area (Å²) >= 11 is 5.68. The minimum Gasteiger partial charge on any atom is -0.376 e. The maximum Gasteiger partial charge on any atom is 0.189 e. The van der Waals surface area contributed by atoms with Gasteiger partial charge in [-0.1, -0.05) is 17.7 Å². The van der Waals surface area contributed by atoms with Crippen LogP contribution in [0.5, 0.6) is 0 Å². The average molecular weight is 286 g/mol. The number of nitrogens with two attached hydrogens (primary N) is 1. The fraction of sp³-hybridized carbons (Fsp3) is 0.462. The fourth-order valence-corrected chi connectivity index (χ4v) is 2.06. The van der Waals surface area contributed by atoms with Crippen molar-refractivity contribution in [2.75, 3.05) is 13.2 Å². The van der Waals surface area contributed by atoms with Gasteiger partial charge >= 0.3 is 0 Å². The molecule has 0 saturated carbocycles. The summed E-state index contributed by atoms with van der Waals surface area (Å²) in [7, 11) is 0. The number of guanidine groups is 1. The average Bonchev–Trinajstić information content (AvgIpc) is 2.88. The van der Waals surface area contributed by atoms with Crippen LogP contribution >= 0.6 is 11.6 Å². The molecule has 3 N–H and O–H groups in total. The maximum atomic E-state index is 13.5. The van der Waals surface area contributed by atoms with Crippen LogP contribution in [0, 0.1) is 5.82 Å². The largest absolute Gasteiger partial charge is 0.376 e. The zero-order chi connectivity index (χ0) is 13.7. The van der Waals surface area contributed by atoms with E-state index in [-0.39, 0.29) is 18.5 Å². The van der Waals surface area contributed by atoms with Gasteiger partial charge in [-0.25, -0.2) is 9.38 Å². The smallest absolute Gasteiger partial charge is 0.189 e. The van der Waals surface area contributed by atoms with E-state index in [9.17, 15) is 4.39 Å². The minimum atomic E-state index is -0.372. The Labute approximate surface area is 116 Å². The lowest BCUT2D eigenvalue weighted by molar-refractivity contribution is 0.114. The summed E-state index contributed by atoms with van der Waals surface area (Å²) in [6, 6.07) is 4.50. The summed E-state index contributed by atoms with van der Waals surface area (Å²) in [6.07, 6.45) is 2.31. The molecule has 0 spiro atoms. The number of nitrogens with zero attached hydrogens (tertiary/aromatic N) is 1.